The molecule has 0 amide bonds. The number of nitrogens with two attached hydrogens (primary N) is 1. The molecule has 3 rings (SSSR count). The molecule has 0 bridgehead atoms. The highest BCUT2D eigenvalue weighted by molar-refractivity contribution is 9.10. The van der Waals surface area contributed by atoms with Crippen molar-refractivity contribution in [3.8, 4) is 5.69 Å². The number of rotatable bonds is 1. The van der Waals surface area contributed by atoms with Gasteiger partial charge in [-0.25, -0.2) is 13.8 Å². The summed E-state index contributed by atoms with van der Waals surface area (Å²) in [5.41, 5.74) is 7.40. The number of halogens is 4. The van der Waals surface area contributed by atoms with Gasteiger partial charge in [0, 0.05) is 6.07 Å². The van der Waals surface area contributed by atoms with Gasteiger partial charge < -0.3 is 5.73 Å². The summed E-state index contributed by atoms with van der Waals surface area (Å²) in [5, 5.41) is -0.0232. The van der Waals surface area contributed by atoms with E-state index in [9.17, 15) is 8.78 Å². The predicted molar refractivity (Wildman–Crippen MR) is 78.1 cm³/mol. The summed E-state index contributed by atoms with van der Waals surface area (Å²) in [6, 6.07) is 7.03. The molecule has 3 nitrogen and oxygen atoms in total. The molecule has 0 spiro atoms. The molecule has 2 N–H and O–H groups in total. The van der Waals surface area contributed by atoms with E-state index >= 15 is 0 Å². The lowest BCUT2D eigenvalue weighted by Crippen LogP contribution is -2.01. The van der Waals surface area contributed by atoms with Crippen LogP contribution in [0.5, 0.6) is 0 Å². The minimum absolute atomic E-state index is 0.0232. The van der Waals surface area contributed by atoms with E-state index in [-0.39, 0.29) is 11.0 Å². The number of anilines is 1. The van der Waals surface area contributed by atoms with E-state index in [1.807, 2.05) is 0 Å². The monoisotopic (exact) mass is 357 g/mol. The number of imidazole rings is 1. The molecule has 0 aliphatic heterocycles. The fraction of sp³-hybridized carbons (Fsp3) is 0. The van der Waals surface area contributed by atoms with E-state index in [0.29, 0.717) is 21.2 Å². The minimum atomic E-state index is -0.523. The average Bonchev–Trinajstić information content (AvgIpc) is 2.69. The normalized spacial score (nSPS) is 11.2. The van der Waals surface area contributed by atoms with Crippen molar-refractivity contribution >= 4 is 44.5 Å². The summed E-state index contributed by atoms with van der Waals surface area (Å²) in [6.07, 6.45) is 0. The zero-order valence-corrected chi connectivity index (χ0v) is 12.2. The Balaban J connectivity index is 2.32. The molecule has 20 heavy (non-hydrogen) atoms. The second kappa shape index (κ2) is 4.71. The smallest absolute Gasteiger partial charge is 0.205 e. The highest BCUT2D eigenvalue weighted by Crippen LogP contribution is 2.29. The summed E-state index contributed by atoms with van der Waals surface area (Å²) >= 11 is 8.89. The van der Waals surface area contributed by atoms with E-state index in [1.54, 1.807) is 10.6 Å². The van der Waals surface area contributed by atoms with Crippen LogP contribution >= 0.6 is 27.5 Å². The van der Waals surface area contributed by atoms with Gasteiger partial charge in [0.05, 0.1) is 26.2 Å². The first-order chi connectivity index (χ1) is 9.47. The third-order valence-electron chi connectivity index (χ3n) is 2.88. The largest absolute Gasteiger partial charge is 0.369 e. The van der Waals surface area contributed by atoms with Crippen molar-refractivity contribution < 1.29 is 8.78 Å². The molecular formula is C13H7BrClF2N3. The quantitative estimate of drug-likeness (QED) is 0.705. The number of fused-ring (bicyclic) bond motifs is 1. The van der Waals surface area contributed by atoms with Crippen molar-refractivity contribution in [3.05, 3.63) is 51.5 Å². The van der Waals surface area contributed by atoms with Crippen LogP contribution in [0.15, 0.2) is 34.8 Å². The summed E-state index contributed by atoms with van der Waals surface area (Å²) in [6.45, 7) is 0. The Kier molecular flexibility index (Phi) is 3.14. The van der Waals surface area contributed by atoms with Crippen molar-refractivity contribution in [2.24, 2.45) is 0 Å². The summed E-state index contributed by atoms with van der Waals surface area (Å²) < 4.78 is 28.6. The maximum Gasteiger partial charge on any atom is 0.205 e. The first kappa shape index (κ1) is 13.3. The van der Waals surface area contributed by atoms with E-state index in [1.165, 1.54) is 24.3 Å². The summed E-state index contributed by atoms with van der Waals surface area (Å²) in [5.74, 6) is -0.787. The van der Waals surface area contributed by atoms with E-state index in [4.69, 9.17) is 17.3 Å². The molecule has 3 aromatic rings. The van der Waals surface area contributed by atoms with Crippen LogP contribution in [-0.2, 0) is 0 Å². The minimum Gasteiger partial charge on any atom is -0.369 e. The summed E-state index contributed by atoms with van der Waals surface area (Å²) in [4.78, 5) is 4.09. The third kappa shape index (κ3) is 2.05. The number of hydrogen-bond acceptors (Lipinski definition) is 2. The van der Waals surface area contributed by atoms with Crippen LogP contribution < -0.4 is 5.73 Å². The molecule has 2 aromatic carbocycles. The van der Waals surface area contributed by atoms with Gasteiger partial charge in [0.15, 0.2) is 0 Å². The molecule has 0 aliphatic rings. The molecule has 0 unspecified atom stereocenters. The molecule has 0 fully saturated rings. The van der Waals surface area contributed by atoms with Crippen LogP contribution in [0, 0.1) is 11.6 Å². The number of aromatic nitrogens is 2. The Labute approximate surface area is 126 Å². The fourth-order valence-corrected chi connectivity index (χ4v) is 2.49. The molecule has 0 saturated carbocycles. The van der Waals surface area contributed by atoms with Crippen LogP contribution in [0.3, 0.4) is 0 Å². The van der Waals surface area contributed by atoms with Crippen LogP contribution in [0.1, 0.15) is 0 Å². The molecule has 0 aliphatic carbocycles. The van der Waals surface area contributed by atoms with Crippen molar-refractivity contribution in [2.75, 3.05) is 5.73 Å². The fourth-order valence-electron chi connectivity index (χ4n) is 1.99. The van der Waals surface area contributed by atoms with Gasteiger partial charge in [0.1, 0.15) is 11.6 Å². The molecule has 0 atom stereocenters. The number of nitrogen functional groups attached to an aromatic ring is 1. The highest BCUT2D eigenvalue weighted by atomic mass is 79.9. The molecule has 7 heteroatoms. The van der Waals surface area contributed by atoms with E-state index < -0.39 is 11.6 Å². The van der Waals surface area contributed by atoms with Gasteiger partial charge in [0.25, 0.3) is 0 Å². The van der Waals surface area contributed by atoms with E-state index in [0.717, 1.165) is 0 Å². The number of nitrogens with zero attached hydrogens (tertiary/aromatic N) is 2. The van der Waals surface area contributed by atoms with E-state index in [2.05, 4.69) is 20.9 Å². The Morgan fingerprint density at radius 1 is 1.15 bits per heavy atom. The maximum absolute atomic E-state index is 13.5. The molecule has 1 heterocycles. The van der Waals surface area contributed by atoms with Crippen molar-refractivity contribution in [3.63, 3.8) is 0 Å². The Hall–Kier alpha value is -1.66. The highest BCUT2D eigenvalue weighted by Gasteiger charge is 2.14. The Bertz CT molecular complexity index is 832. The van der Waals surface area contributed by atoms with Crippen molar-refractivity contribution in [2.45, 2.75) is 0 Å². The third-order valence-corrected chi connectivity index (χ3v) is 3.78. The molecule has 0 radical (unpaired) electrons. The lowest BCUT2D eigenvalue weighted by molar-refractivity contribution is 0.623. The SMILES string of the molecule is Nc1nc2cc(F)c(Br)cc2n1-c1ccc(F)c(Cl)c1. The Morgan fingerprint density at radius 2 is 1.90 bits per heavy atom. The predicted octanol–water partition coefficient (Wildman–Crippen LogP) is 4.30. The zero-order valence-electron chi connectivity index (χ0n) is 9.87. The lowest BCUT2D eigenvalue weighted by Gasteiger charge is -2.07. The maximum atomic E-state index is 13.5. The van der Waals surface area contributed by atoms with Gasteiger partial charge in [-0.2, -0.15) is 0 Å². The molecule has 0 saturated heterocycles. The second-order valence-electron chi connectivity index (χ2n) is 4.16. The van der Waals surface area contributed by atoms with Gasteiger partial charge in [-0.15, -0.1) is 0 Å². The van der Waals surface area contributed by atoms with Crippen molar-refractivity contribution in [1.29, 1.82) is 0 Å². The van der Waals surface area contributed by atoms with Crippen LogP contribution in [0.25, 0.3) is 16.7 Å². The standard InChI is InChI=1S/C13H7BrClF2N3/c14-7-4-12-11(5-10(7)17)19-13(18)20(12)6-1-2-9(16)8(15)3-6/h1-5H,(H2,18,19). The number of hydrogen-bond donors (Lipinski definition) is 1. The van der Waals surface area contributed by atoms with Crippen LogP contribution in [0.4, 0.5) is 14.7 Å². The Morgan fingerprint density at radius 3 is 2.60 bits per heavy atom. The first-order valence-corrected chi connectivity index (χ1v) is 6.73. The summed E-state index contributed by atoms with van der Waals surface area (Å²) in [7, 11) is 0. The van der Waals surface area contributed by atoms with Gasteiger partial charge in [-0.05, 0) is 40.2 Å². The van der Waals surface area contributed by atoms with Gasteiger partial charge in [0.2, 0.25) is 5.95 Å². The van der Waals surface area contributed by atoms with Gasteiger partial charge in [-0.1, -0.05) is 11.6 Å². The molecule has 1 aromatic heterocycles. The number of benzene rings is 2. The second-order valence-corrected chi connectivity index (χ2v) is 5.42. The van der Waals surface area contributed by atoms with Crippen LogP contribution in [-0.4, -0.2) is 9.55 Å². The molecule has 102 valence electrons. The van der Waals surface area contributed by atoms with Gasteiger partial charge in [-0.3, -0.25) is 4.57 Å². The average molecular weight is 359 g/mol. The lowest BCUT2D eigenvalue weighted by atomic mass is 10.2. The van der Waals surface area contributed by atoms with Crippen LogP contribution in [0.2, 0.25) is 5.02 Å². The van der Waals surface area contributed by atoms with Crippen molar-refractivity contribution in [1.82, 2.24) is 9.55 Å². The molecular weight excluding hydrogens is 352 g/mol. The van der Waals surface area contributed by atoms with Gasteiger partial charge >= 0.3 is 0 Å². The first-order valence-electron chi connectivity index (χ1n) is 5.56. The topological polar surface area (TPSA) is 43.8 Å². The zero-order chi connectivity index (χ0) is 14.4.